The van der Waals surface area contributed by atoms with E-state index < -0.39 is 33.5 Å². The predicted octanol–water partition coefficient (Wildman–Crippen LogP) is 1.98. The van der Waals surface area contributed by atoms with Gasteiger partial charge in [0, 0.05) is 17.1 Å². The number of sulfonamides is 1. The van der Waals surface area contributed by atoms with Crippen molar-refractivity contribution in [2.24, 2.45) is 0 Å². The largest absolute Gasteiger partial charge is 0.476 e. The zero-order valence-corrected chi connectivity index (χ0v) is 18.4. The molecule has 0 aliphatic rings. The van der Waals surface area contributed by atoms with Crippen LogP contribution in [0.4, 0.5) is 5.69 Å². The third-order valence-corrected chi connectivity index (χ3v) is 6.27. The van der Waals surface area contributed by atoms with Gasteiger partial charge in [-0.2, -0.15) is 5.10 Å². The molecule has 0 aliphatic heterocycles. The number of aromatic carboxylic acids is 1. The summed E-state index contributed by atoms with van der Waals surface area (Å²) in [6.45, 7) is 4.81. The van der Waals surface area contributed by atoms with Crippen LogP contribution in [0.25, 0.3) is 10.8 Å². The topological polar surface area (TPSA) is 147 Å². The Balaban J connectivity index is 1.88. The Morgan fingerprint density at radius 2 is 1.59 bits per heavy atom. The summed E-state index contributed by atoms with van der Waals surface area (Å²) in [6.07, 6.45) is 0. The number of aromatic nitrogens is 2. The lowest BCUT2D eigenvalue weighted by Crippen LogP contribution is -2.34. The maximum absolute atomic E-state index is 12.8. The van der Waals surface area contributed by atoms with Gasteiger partial charge in [0.15, 0.2) is 5.69 Å². The molecule has 1 atom stereocenters. The number of hydrogen-bond acceptors (Lipinski definition) is 6. The van der Waals surface area contributed by atoms with Gasteiger partial charge in [-0.15, -0.1) is 0 Å². The van der Waals surface area contributed by atoms with Crippen molar-refractivity contribution in [2.75, 3.05) is 5.32 Å². The minimum Gasteiger partial charge on any atom is -0.476 e. The van der Waals surface area contributed by atoms with E-state index in [1.807, 2.05) is 0 Å². The number of carbonyl (C=O) groups is 2. The lowest BCUT2D eigenvalue weighted by Gasteiger charge is -2.16. The van der Waals surface area contributed by atoms with Crippen LogP contribution in [0.1, 0.15) is 37.3 Å². The first-order valence-corrected chi connectivity index (χ1v) is 11.2. The molecule has 168 valence electrons. The first-order valence-electron chi connectivity index (χ1n) is 9.69. The van der Waals surface area contributed by atoms with Crippen LogP contribution in [0.2, 0.25) is 0 Å². The van der Waals surface area contributed by atoms with Crippen molar-refractivity contribution < 1.29 is 23.1 Å². The zero-order chi connectivity index (χ0) is 23.6. The highest BCUT2D eigenvalue weighted by molar-refractivity contribution is 7.89. The third kappa shape index (κ3) is 4.68. The van der Waals surface area contributed by atoms with Gasteiger partial charge in [0.25, 0.3) is 5.56 Å². The van der Waals surface area contributed by atoms with Crippen molar-refractivity contribution in [1.29, 1.82) is 0 Å². The maximum atomic E-state index is 12.8. The summed E-state index contributed by atoms with van der Waals surface area (Å²) in [5.74, 6) is -1.95. The maximum Gasteiger partial charge on any atom is 0.357 e. The van der Waals surface area contributed by atoms with E-state index in [-0.39, 0.29) is 27.4 Å². The molecule has 10 nitrogen and oxygen atoms in total. The Bertz CT molecular complexity index is 1350. The molecule has 3 aromatic rings. The number of benzene rings is 2. The van der Waals surface area contributed by atoms with Crippen LogP contribution in [0, 0.1) is 0 Å². The quantitative estimate of drug-likeness (QED) is 0.490. The smallest absolute Gasteiger partial charge is 0.357 e. The minimum absolute atomic E-state index is 0.0377. The number of fused-ring (bicyclic) bond motifs is 1. The second kappa shape index (κ2) is 8.89. The molecule has 1 amide bonds. The molecule has 3 rings (SSSR count). The Hall–Kier alpha value is -3.57. The van der Waals surface area contributed by atoms with Crippen molar-refractivity contribution in [3.05, 3.63) is 64.6 Å². The number of carboxylic acid groups (broad SMARTS) is 1. The molecular formula is C21H22N4O6S. The number of nitrogens with one attached hydrogen (secondary N) is 2. The SMILES string of the molecule is CC(C)NS(=O)(=O)c1ccc(NC(=O)C(C)n2nc(C(=O)O)c3ccccc3c2=O)cc1. The number of carbonyl (C=O) groups excluding carboxylic acids is 1. The predicted molar refractivity (Wildman–Crippen MR) is 118 cm³/mol. The number of amides is 1. The lowest BCUT2D eigenvalue weighted by atomic mass is 10.1. The fourth-order valence-corrected chi connectivity index (χ4v) is 4.33. The molecule has 0 aliphatic carbocycles. The Labute approximate surface area is 183 Å². The molecule has 0 spiro atoms. The third-order valence-electron chi connectivity index (χ3n) is 4.60. The van der Waals surface area contributed by atoms with E-state index in [0.717, 1.165) is 4.68 Å². The van der Waals surface area contributed by atoms with E-state index in [9.17, 15) is 27.9 Å². The van der Waals surface area contributed by atoms with E-state index in [4.69, 9.17) is 0 Å². The van der Waals surface area contributed by atoms with Gasteiger partial charge >= 0.3 is 5.97 Å². The normalized spacial score (nSPS) is 12.6. The van der Waals surface area contributed by atoms with E-state index in [1.165, 1.54) is 43.3 Å². The van der Waals surface area contributed by atoms with Crippen LogP contribution in [-0.2, 0) is 14.8 Å². The van der Waals surface area contributed by atoms with Crippen LogP contribution in [-0.4, -0.2) is 41.2 Å². The molecule has 0 saturated heterocycles. The molecular weight excluding hydrogens is 436 g/mol. The van der Waals surface area contributed by atoms with E-state index in [2.05, 4.69) is 15.1 Å². The molecule has 0 bridgehead atoms. The Morgan fingerprint density at radius 1 is 1.00 bits per heavy atom. The zero-order valence-electron chi connectivity index (χ0n) is 17.6. The molecule has 2 aromatic carbocycles. The monoisotopic (exact) mass is 458 g/mol. The van der Waals surface area contributed by atoms with Crippen LogP contribution >= 0.6 is 0 Å². The highest BCUT2D eigenvalue weighted by Crippen LogP contribution is 2.18. The summed E-state index contributed by atoms with van der Waals surface area (Å²) in [5, 5.41) is 16.3. The summed E-state index contributed by atoms with van der Waals surface area (Å²) < 4.78 is 27.7. The summed E-state index contributed by atoms with van der Waals surface area (Å²) in [5.41, 5.74) is -0.640. The van der Waals surface area contributed by atoms with Gasteiger partial charge in [-0.05, 0) is 51.1 Å². The molecule has 1 unspecified atom stereocenters. The summed E-state index contributed by atoms with van der Waals surface area (Å²) in [6, 6.07) is 10.2. The molecule has 1 aromatic heterocycles. The van der Waals surface area contributed by atoms with Crippen LogP contribution in [0.5, 0.6) is 0 Å². The van der Waals surface area contributed by atoms with Crippen LogP contribution < -0.4 is 15.6 Å². The van der Waals surface area contributed by atoms with Crippen molar-refractivity contribution in [3.8, 4) is 0 Å². The number of carboxylic acids is 1. The molecule has 0 fully saturated rings. The van der Waals surface area contributed by atoms with E-state index >= 15 is 0 Å². The molecule has 32 heavy (non-hydrogen) atoms. The first kappa shape index (κ1) is 23.1. The van der Waals surface area contributed by atoms with Crippen LogP contribution in [0.15, 0.2) is 58.2 Å². The van der Waals surface area contributed by atoms with Gasteiger partial charge in [0.1, 0.15) is 6.04 Å². The van der Waals surface area contributed by atoms with Gasteiger partial charge < -0.3 is 10.4 Å². The number of anilines is 1. The molecule has 0 radical (unpaired) electrons. The highest BCUT2D eigenvalue weighted by Gasteiger charge is 2.23. The number of hydrogen-bond donors (Lipinski definition) is 3. The Morgan fingerprint density at radius 3 is 2.16 bits per heavy atom. The first-order chi connectivity index (χ1) is 15.0. The van der Waals surface area contributed by atoms with Crippen molar-refractivity contribution in [1.82, 2.24) is 14.5 Å². The number of rotatable bonds is 7. The van der Waals surface area contributed by atoms with Gasteiger partial charge in [-0.1, -0.05) is 18.2 Å². The van der Waals surface area contributed by atoms with Crippen LogP contribution in [0.3, 0.4) is 0 Å². The standard InChI is InChI=1S/C21H22N4O6S/c1-12(2)24-32(30,31)15-10-8-14(9-11-15)22-19(26)13(3)25-20(27)17-7-5-4-6-16(17)18(23-25)21(28)29/h4-13,24H,1-3H3,(H,22,26)(H,28,29). The Kier molecular flexibility index (Phi) is 6.42. The average molecular weight is 458 g/mol. The van der Waals surface area contributed by atoms with E-state index in [0.29, 0.717) is 5.69 Å². The van der Waals surface area contributed by atoms with Crippen molar-refractivity contribution in [2.45, 2.75) is 37.8 Å². The fraction of sp³-hybridized carbons (Fsp3) is 0.238. The minimum atomic E-state index is -3.68. The van der Waals surface area contributed by atoms with Gasteiger partial charge in [0.2, 0.25) is 15.9 Å². The van der Waals surface area contributed by atoms with Crippen molar-refractivity contribution >= 4 is 38.4 Å². The van der Waals surface area contributed by atoms with E-state index in [1.54, 1.807) is 26.0 Å². The highest BCUT2D eigenvalue weighted by atomic mass is 32.2. The summed E-state index contributed by atoms with van der Waals surface area (Å²) >= 11 is 0. The van der Waals surface area contributed by atoms with Crippen molar-refractivity contribution in [3.63, 3.8) is 0 Å². The molecule has 11 heteroatoms. The molecule has 1 heterocycles. The fourth-order valence-electron chi connectivity index (χ4n) is 3.08. The number of nitrogens with zero attached hydrogens (tertiary/aromatic N) is 2. The second-order valence-electron chi connectivity index (χ2n) is 7.41. The molecule has 3 N–H and O–H groups in total. The summed E-state index contributed by atoms with van der Waals surface area (Å²) in [4.78, 5) is 37.2. The summed E-state index contributed by atoms with van der Waals surface area (Å²) in [7, 11) is -3.68. The average Bonchev–Trinajstić information content (AvgIpc) is 2.73. The molecule has 0 saturated carbocycles. The van der Waals surface area contributed by atoms with Gasteiger partial charge in [0.05, 0.1) is 10.3 Å². The second-order valence-corrected chi connectivity index (χ2v) is 9.13. The van der Waals surface area contributed by atoms with Gasteiger partial charge in [-0.25, -0.2) is 22.6 Å². The lowest BCUT2D eigenvalue weighted by molar-refractivity contribution is -0.119. The van der Waals surface area contributed by atoms with Gasteiger partial charge in [-0.3, -0.25) is 9.59 Å².